The molecule has 0 aromatic heterocycles. The number of nitrogens with one attached hydrogen (secondary N) is 3. The summed E-state index contributed by atoms with van der Waals surface area (Å²) in [5.74, 6) is -4.08. The van der Waals surface area contributed by atoms with Gasteiger partial charge in [0, 0.05) is 24.2 Å². The summed E-state index contributed by atoms with van der Waals surface area (Å²) in [6, 6.07) is 11.3. The molecule has 204 valence electrons. The number of hydrogen-bond donors (Lipinski definition) is 4. The average Bonchev–Trinajstić information content (AvgIpc) is 3.35. The number of carboxylic acids is 1. The summed E-state index contributed by atoms with van der Waals surface area (Å²) >= 11 is 1.46. The molecule has 2 amide bonds. The van der Waals surface area contributed by atoms with E-state index in [1.807, 2.05) is 6.26 Å². The second kappa shape index (κ2) is 12.8. The maximum absolute atomic E-state index is 13.1. The molecule has 9 nitrogen and oxygen atoms in total. The largest absolute Gasteiger partial charge is 0.490 e. The minimum Gasteiger partial charge on any atom is -0.480 e. The highest BCUT2D eigenvalue weighted by Gasteiger charge is 2.44. The van der Waals surface area contributed by atoms with Gasteiger partial charge in [0.2, 0.25) is 5.91 Å². The van der Waals surface area contributed by atoms with Gasteiger partial charge in [-0.3, -0.25) is 9.59 Å². The molecule has 1 aliphatic rings. The molecule has 0 bridgehead atoms. The average molecular weight is 554 g/mol. The Kier molecular flexibility index (Phi) is 9.75. The second-order valence-corrected chi connectivity index (χ2v) is 9.47. The lowest BCUT2D eigenvalue weighted by Crippen LogP contribution is -2.41. The van der Waals surface area contributed by atoms with Crippen molar-refractivity contribution in [2.75, 3.05) is 23.9 Å². The molecule has 0 saturated carbocycles. The molecule has 1 aliphatic heterocycles. The molecule has 1 saturated heterocycles. The van der Waals surface area contributed by atoms with E-state index in [9.17, 15) is 37.5 Å². The van der Waals surface area contributed by atoms with Crippen molar-refractivity contribution in [1.29, 1.82) is 0 Å². The lowest BCUT2D eigenvalue weighted by Gasteiger charge is -2.17. The maximum Gasteiger partial charge on any atom is 0.490 e. The standard InChI is InChI=1S/C25H26F3N3O6S/c1-38-10-9-19(23(34)35)31-21(32)17-8-7-15(11-18(17)14-5-3-2-4-6-14)30-22(33)20-12-16(13-29-20)37-24(36)25(26,27)28/h2-8,11,16,19-20,29H,9-10,12-13H2,1H3,(H,30,33)(H,31,32)(H,34,35)/t16?,19-,20-/m0/s1. The van der Waals surface area contributed by atoms with E-state index < -0.39 is 48.1 Å². The fourth-order valence-electron chi connectivity index (χ4n) is 3.85. The highest BCUT2D eigenvalue weighted by atomic mass is 32.2. The minimum atomic E-state index is -5.12. The Morgan fingerprint density at radius 1 is 1.16 bits per heavy atom. The summed E-state index contributed by atoms with van der Waals surface area (Å²) in [5.41, 5.74) is 1.58. The first-order valence-electron chi connectivity index (χ1n) is 11.5. The van der Waals surface area contributed by atoms with Crippen LogP contribution in [0.1, 0.15) is 23.2 Å². The molecular weight excluding hydrogens is 527 g/mol. The molecule has 0 spiro atoms. The number of aliphatic carboxylic acids is 1. The third-order valence-electron chi connectivity index (χ3n) is 5.74. The Balaban J connectivity index is 1.76. The van der Waals surface area contributed by atoms with Gasteiger partial charge in [0.1, 0.15) is 12.1 Å². The minimum absolute atomic E-state index is 0.116. The molecule has 1 heterocycles. The Hall–Kier alpha value is -3.58. The van der Waals surface area contributed by atoms with E-state index in [4.69, 9.17) is 0 Å². The number of anilines is 1. The topological polar surface area (TPSA) is 134 Å². The number of hydrogen-bond acceptors (Lipinski definition) is 7. The Labute approximate surface area is 220 Å². The third kappa shape index (κ3) is 7.71. The van der Waals surface area contributed by atoms with Gasteiger partial charge in [0.25, 0.3) is 5.91 Å². The molecule has 3 rings (SSSR count). The van der Waals surface area contributed by atoms with Crippen LogP contribution < -0.4 is 16.0 Å². The summed E-state index contributed by atoms with van der Waals surface area (Å²) in [7, 11) is 0. The summed E-state index contributed by atoms with van der Waals surface area (Å²) in [5, 5.41) is 17.4. The number of thioether (sulfide) groups is 1. The van der Waals surface area contributed by atoms with E-state index in [0.717, 1.165) is 0 Å². The number of benzene rings is 2. The van der Waals surface area contributed by atoms with E-state index in [1.165, 1.54) is 23.9 Å². The predicted octanol–water partition coefficient (Wildman–Crippen LogP) is 3.06. The third-order valence-corrected chi connectivity index (χ3v) is 6.39. The van der Waals surface area contributed by atoms with Crippen molar-refractivity contribution in [3.05, 3.63) is 54.1 Å². The lowest BCUT2D eigenvalue weighted by atomic mass is 9.98. The number of amides is 2. The van der Waals surface area contributed by atoms with Crippen LogP contribution in [0.15, 0.2) is 48.5 Å². The second-order valence-electron chi connectivity index (χ2n) is 8.48. The Morgan fingerprint density at radius 3 is 2.50 bits per heavy atom. The summed E-state index contributed by atoms with van der Waals surface area (Å²) < 4.78 is 41.7. The van der Waals surface area contributed by atoms with Crippen LogP contribution in [0.25, 0.3) is 11.1 Å². The summed E-state index contributed by atoms with van der Waals surface area (Å²) in [4.78, 5) is 48.5. The molecule has 1 fully saturated rings. The smallest absolute Gasteiger partial charge is 0.480 e. The number of esters is 1. The van der Waals surface area contributed by atoms with E-state index in [2.05, 4.69) is 20.7 Å². The Bertz CT molecular complexity index is 1180. The van der Waals surface area contributed by atoms with Crippen LogP contribution in [-0.4, -0.2) is 71.8 Å². The zero-order valence-corrected chi connectivity index (χ0v) is 21.0. The number of halogens is 3. The fraction of sp³-hybridized carbons (Fsp3) is 0.360. The molecule has 3 atom stereocenters. The normalized spacial score (nSPS) is 17.9. The van der Waals surface area contributed by atoms with Gasteiger partial charge in [-0.05, 0) is 47.8 Å². The first kappa shape index (κ1) is 29.0. The lowest BCUT2D eigenvalue weighted by molar-refractivity contribution is -0.204. The zero-order valence-electron chi connectivity index (χ0n) is 20.2. The van der Waals surface area contributed by atoms with Crippen LogP contribution in [0.3, 0.4) is 0 Å². The highest BCUT2D eigenvalue weighted by molar-refractivity contribution is 7.98. The summed E-state index contributed by atoms with van der Waals surface area (Å²) in [6.07, 6.45) is -4.31. The van der Waals surface area contributed by atoms with Gasteiger partial charge in [0.15, 0.2) is 0 Å². The van der Waals surface area contributed by atoms with Crippen LogP contribution in [0, 0.1) is 0 Å². The fourth-order valence-corrected chi connectivity index (χ4v) is 4.32. The molecule has 1 unspecified atom stereocenters. The van der Waals surface area contributed by atoms with Crippen LogP contribution in [-0.2, 0) is 19.1 Å². The SMILES string of the molecule is CSCC[C@H](NC(=O)c1ccc(NC(=O)[C@@H]2CC(OC(=O)C(F)(F)F)CN2)cc1-c1ccccc1)C(=O)O. The van der Waals surface area contributed by atoms with E-state index in [-0.39, 0.29) is 24.9 Å². The molecule has 2 aromatic carbocycles. The quantitative estimate of drug-likeness (QED) is 0.330. The molecule has 0 aliphatic carbocycles. The van der Waals surface area contributed by atoms with Crippen molar-refractivity contribution < 1.29 is 42.2 Å². The maximum atomic E-state index is 13.1. The van der Waals surface area contributed by atoms with Crippen molar-refractivity contribution in [2.24, 2.45) is 0 Å². The van der Waals surface area contributed by atoms with Crippen LogP contribution in [0.4, 0.5) is 18.9 Å². The Morgan fingerprint density at radius 2 is 1.87 bits per heavy atom. The number of alkyl halides is 3. The van der Waals surface area contributed by atoms with E-state index >= 15 is 0 Å². The molecule has 0 radical (unpaired) electrons. The molecule has 38 heavy (non-hydrogen) atoms. The van der Waals surface area contributed by atoms with Gasteiger partial charge in [-0.2, -0.15) is 24.9 Å². The van der Waals surface area contributed by atoms with Crippen molar-refractivity contribution >= 4 is 41.2 Å². The van der Waals surface area contributed by atoms with E-state index in [0.29, 0.717) is 22.6 Å². The number of carboxylic acid groups (broad SMARTS) is 1. The predicted molar refractivity (Wildman–Crippen MR) is 135 cm³/mol. The van der Waals surface area contributed by atoms with Crippen molar-refractivity contribution in [2.45, 2.75) is 37.2 Å². The highest BCUT2D eigenvalue weighted by Crippen LogP contribution is 2.28. The van der Waals surface area contributed by atoms with Crippen LogP contribution >= 0.6 is 11.8 Å². The van der Waals surface area contributed by atoms with Crippen molar-refractivity contribution in [1.82, 2.24) is 10.6 Å². The molecular formula is C25H26F3N3O6S. The molecule has 2 aromatic rings. The number of carbonyl (C=O) groups excluding carboxylic acids is 3. The molecule has 4 N–H and O–H groups in total. The number of carbonyl (C=O) groups is 4. The first-order chi connectivity index (χ1) is 18.0. The van der Waals surface area contributed by atoms with Gasteiger partial charge >= 0.3 is 18.1 Å². The van der Waals surface area contributed by atoms with Gasteiger partial charge < -0.3 is 25.8 Å². The number of ether oxygens (including phenoxy) is 1. The monoisotopic (exact) mass is 553 g/mol. The van der Waals surface area contributed by atoms with Crippen LogP contribution in [0.5, 0.6) is 0 Å². The van der Waals surface area contributed by atoms with Gasteiger partial charge in [-0.25, -0.2) is 9.59 Å². The van der Waals surface area contributed by atoms with Crippen molar-refractivity contribution in [3.8, 4) is 11.1 Å². The van der Waals surface area contributed by atoms with Crippen molar-refractivity contribution in [3.63, 3.8) is 0 Å². The number of rotatable bonds is 10. The molecule has 13 heteroatoms. The zero-order chi connectivity index (χ0) is 27.9. The van der Waals surface area contributed by atoms with Gasteiger partial charge in [-0.15, -0.1) is 0 Å². The van der Waals surface area contributed by atoms with Crippen LogP contribution in [0.2, 0.25) is 0 Å². The summed E-state index contributed by atoms with van der Waals surface area (Å²) in [6.45, 7) is -0.116. The van der Waals surface area contributed by atoms with Gasteiger partial charge in [0.05, 0.1) is 6.04 Å². The van der Waals surface area contributed by atoms with Gasteiger partial charge in [-0.1, -0.05) is 30.3 Å². The first-order valence-corrected chi connectivity index (χ1v) is 12.9. The van der Waals surface area contributed by atoms with E-state index in [1.54, 1.807) is 36.4 Å².